The quantitative estimate of drug-likeness (QED) is 0.713. The highest BCUT2D eigenvalue weighted by Crippen LogP contribution is 2.72. The highest BCUT2D eigenvalue weighted by molar-refractivity contribution is 5.20. The van der Waals surface area contributed by atoms with Crippen LogP contribution in [0.15, 0.2) is 12.7 Å². The molecule has 3 aliphatic carbocycles. The molecule has 0 unspecified atom stereocenters. The van der Waals surface area contributed by atoms with E-state index in [0.717, 1.165) is 12.8 Å². The van der Waals surface area contributed by atoms with Crippen molar-refractivity contribution < 1.29 is 9.84 Å². The lowest BCUT2D eigenvalue weighted by atomic mass is 9.43. The van der Waals surface area contributed by atoms with Crippen molar-refractivity contribution in [1.82, 2.24) is 0 Å². The zero-order valence-corrected chi connectivity index (χ0v) is 14.5. The Morgan fingerprint density at radius 2 is 1.77 bits per heavy atom. The molecule has 0 aromatic heterocycles. The third-order valence-corrected chi connectivity index (χ3v) is 8.17. The zero-order chi connectivity index (χ0) is 15.8. The first-order valence-electron chi connectivity index (χ1n) is 9.28. The molecule has 3 saturated carbocycles. The van der Waals surface area contributed by atoms with E-state index in [9.17, 15) is 5.11 Å². The van der Waals surface area contributed by atoms with Gasteiger partial charge in [-0.25, -0.2) is 0 Å². The van der Waals surface area contributed by atoms with Gasteiger partial charge in [-0.2, -0.15) is 0 Å². The highest BCUT2D eigenvalue weighted by atomic mass is 16.6. The van der Waals surface area contributed by atoms with Crippen molar-refractivity contribution in [1.29, 1.82) is 0 Å². The summed E-state index contributed by atoms with van der Waals surface area (Å²) in [6, 6.07) is 0. The molecule has 0 aromatic carbocycles. The van der Waals surface area contributed by atoms with Crippen LogP contribution in [0.1, 0.15) is 72.1 Å². The molecule has 22 heavy (non-hydrogen) atoms. The van der Waals surface area contributed by atoms with E-state index < -0.39 is 6.29 Å². The molecule has 4 rings (SSSR count). The van der Waals surface area contributed by atoms with Crippen molar-refractivity contribution in [2.24, 2.45) is 28.1 Å². The fraction of sp³-hybridized carbons (Fsp3) is 0.900. The van der Waals surface area contributed by atoms with Gasteiger partial charge in [0.25, 0.3) is 0 Å². The molecule has 124 valence electrons. The van der Waals surface area contributed by atoms with Gasteiger partial charge in [0.2, 0.25) is 0 Å². The van der Waals surface area contributed by atoms with Gasteiger partial charge in [-0.1, -0.05) is 33.3 Å². The number of aliphatic hydroxyl groups is 1. The van der Waals surface area contributed by atoms with Crippen molar-refractivity contribution in [3.05, 3.63) is 12.7 Å². The van der Waals surface area contributed by atoms with Crippen LogP contribution in [0.4, 0.5) is 0 Å². The van der Waals surface area contributed by atoms with E-state index in [1.165, 1.54) is 38.5 Å². The van der Waals surface area contributed by atoms with Crippen LogP contribution in [-0.2, 0) is 4.74 Å². The molecule has 0 amide bonds. The van der Waals surface area contributed by atoms with Gasteiger partial charge < -0.3 is 9.84 Å². The number of allylic oxidation sites excluding steroid dienone is 1. The van der Waals surface area contributed by atoms with Crippen LogP contribution >= 0.6 is 0 Å². The summed E-state index contributed by atoms with van der Waals surface area (Å²) in [6.45, 7) is 11.2. The molecular formula is C20H32O2. The van der Waals surface area contributed by atoms with E-state index in [0.29, 0.717) is 17.3 Å². The molecule has 2 nitrogen and oxygen atoms in total. The Kier molecular flexibility index (Phi) is 3.03. The largest absolute Gasteiger partial charge is 0.367 e. The summed E-state index contributed by atoms with van der Waals surface area (Å²) in [7, 11) is 0. The molecule has 2 heteroatoms. The van der Waals surface area contributed by atoms with Crippen LogP contribution in [0.5, 0.6) is 0 Å². The lowest BCUT2D eigenvalue weighted by Gasteiger charge is -2.60. The lowest BCUT2D eigenvalue weighted by Crippen LogP contribution is -2.58. The van der Waals surface area contributed by atoms with E-state index in [4.69, 9.17) is 4.74 Å². The Balaban J connectivity index is 1.78. The fourth-order valence-corrected chi connectivity index (χ4v) is 7.20. The second-order valence-corrected chi connectivity index (χ2v) is 9.71. The number of rotatable bonds is 1. The van der Waals surface area contributed by atoms with Gasteiger partial charge >= 0.3 is 0 Å². The minimum absolute atomic E-state index is 0.0303. The molecule has 6 atom stereocenters. The standard InChI is InChI=1S/C20H32O2/c1-5-18(4)11-7-15-19(13-18)12-8-14-17(2,3)9-6-10-20(14,15)16(21)22-19/h5,14-16,21H,1,6-13H2,2-4H3/t14-,15+,16+,18-,19+,20+/m0/s1. The molecular weight excluding hydrogens is 272 g/mol. The van der Waals surface area contributed by atoms with E-state index >= 15 is 0 Å². The van der Waals surface area contributed by atoms with Gasteiger partial charge in [-0.05, 0) is 67.6 Å². The number of hydrogen-bond donors (Lipinski definition) is 1. The predicted molar refractivity (Wildman–Crippen MR) is 88.3 cm³/mol. The van der Waals surface area contributed by atoms with Crippen LogP contribution in [0.2, 0.25) is 0 Å². The highest BCUT2D eigenvalue weighted by Gasteiger charge is 2.72. The Labute approximate surface area is 135 Å². The average Bonchev–Trinajstić information content (AvgIpc) is 2.59. The van der Waals surface area contributed by atoms with Crippen molar-refractivity contribution in [3.63, 3.8) is 0 Å². The molecule has 0 radical (unpaired) electrons. The van der Waals surface area contributed by atoms with Gasteiger partial charge in [-0.3, -0.25) is 0 Å². The van der Waals surface area contributed by atoms with Crippen LogP contribution in [-0.4, -0.2) is 17.0 Å². The van der Waals surface area contributed by atoms with Gasteiger partial charge in [0.1, 0.15) is 0 Å². The van der Waals surface area contributed by atoms with Crippen molar-refractivity contribution in [3.8, 4) is 0 Å². The number of aliphatic hydroxyl groups excluding tert-OH is 1. The molecule has 1 aliphatic heterocycles. The Morgan fingerprint density at radius 1 is 1.05 bits per heavy atom. The van der Waals surface area contributed by atoms with E-state index in [2.05, 4.69) is 33.4 Å². The summed E-state index contributed by atoms with van der Waals surface area (Å²) >= 11 is 0. The Hall–Kier alpha value is -0.340. The van der Waals surface area contributed by atoms with Gasteiger partial charge in [0, 0.05) is 5.41 Å². The monoisotopic (exact) mass is 304 g/mol. The first-order chi connectivity index (χ1) is 10.3. The number of ether oxygens (including phenoxy) is 1. The molecule has 1 spiro atoms. The van der Waals surface area contributed by atoms with Crippen LogP contribution in [0.25, 0.3) is 0 Å². The maximum absolute atomic E-state index is 11.0. The molecule has 4 fully saturated rings. The van der Waals surface area contributed by atoms with Crippen LogP contribution in [0, 0.1) is 28.1 Å². The minimum atomic E-state index is -0.545. The fourth-order valence-electron chi connectivity index (χ4n) is 7.20. The summed E-state index contributed by atoms with van der Waals surface area (Å²) in [5, 5.41) is 11.0. The molecule has 0 aromatic rings. The third-order valence-electron chi connectivity index (χ3n) is 8.17. The van der Waals surface area contributed by atoms with Gasteiger partial charge in [0.15, 0.2) is 6.29 Å². The topological polar surface area (TPSA) is 29.5 Å². The van der Waals surface area contributed by atoms with E-state index in [1.54, 1.807) is 0 Å². The lowest BCUT2D eigenvalue weighted by molar-refractivity contribution is -0.181. The second-order valence-electron chi connectivity index (χ2n) is 9.71. The molecule has 4 aliphatic rings. The summed E-state index contributed by atoms with van der Waals surface area (Å²) < 4.78 is 6.44. The Bertz CT molecular complexity index is 498. The third kappa shape index (κ3) is 1.69. The van der Waals surface area contributed by atoms with Gasteiger partial charge in [0.05, 0.1) is 5.60 Å². The molecule has 2 bridgehead atoms. The first kappa shape index (κ1) is 15.2. The van der Waals surface area contributed by atoms with Crippen molar-refractivity contribution >= 4 is 0 Å². The predicted octanol–water partition coefficient (Wildman–Crippen LogP) is 4.67. The van der Waals surface area contributed by atoms with E-state index in [1.807, 2.05) is 0 Å². The van der Waals surface area contributed by atoms with Crippen molar-refractivity contribution in [2.75, 3.05) is 0 Å². The summed E-state index contributed by atoms with van der Waals surface area (Å²) in [5.74, 6) is 1.18. The normalized spacial score (nSPS) is 56.1. The SMILES string of the molecule is C=C[C@@]1(C)CC[C@@H]2[C@@]3(CC[C@H]4C(C)(C)CCC[C@]24[C@H](O)O3)C1. The molecule has 1 heterocycles. The molecule has 1 N–H and O–H groups in total. The number of hydrogen-bond acceptors (Lipinski definition) is 2. The second kappa shape index (κ2) is 4.39. The first-order valence-corrected chi connectivity index (χ1v) is 9.28. The zero-order valence-electron chi connectivity index (χ0n) is 14.5. The summed E-state index contributed by atoms with van der Waals surface area (Å²) in [5.41, 5.74) is 0.476. The van der Waals surface area contributed by atoms with E-state index in [-0.39, 0.29) is 16.4 Å². The maximum atomic E-state index is 11.0. The summed E-state index contributed by atoms with van der Waals surface area (Å²) in [4.78, 5) is 0. The average molecular weight is 304 g/mol. The maximum Gasteiger partial charge on any atom is 0.161 e. The van der Waals surface area contributed by atoms with Crippen LogP contribution in [0.3, 0.4) is 0 Å². The van der Waals surface area contributed by atoms with Crippen LogP contribution < -0.4 is 0 Å². The summed E-state index contributed by atoms with van der Waals surface area (Å²) in [6.07, 6.45) is 11.1. The Morgan fingerprint density at radius 3 is 2.50 bits per heavy atom. The molecule has 1 saturated heterocycles. The smallest absolute Gasteiger partial charge is 0.161 e. The van der Waals surface area contributed by atoms with Crippen molar-refractivity contribution in [2.45, 2.75) is 84.0 Å². The minimum Gasteiger partial charge on any atom is -0.367 e. The van der Waals surface area contributed by atoms with Gasteiger partial charge in [-0.15, -0.1) is 6.58 Å².